The summed E-state index contributed by atoms with van der Waals surface area (Å²) in [6.07, 6.45) is 8.07. The first kappa shape index (κ1) is 24.7. The molecule has 192 valence electrons. The minimum Gasteiger partial charge on any atom is -0.338 e. The molecule has 4 aromatic rings. The van der Waals surface area contributed by atoms with E-state index in [1.807, 2.05) is 26.8 Å². The van der Waals surface area contributed by atoms with Crippen LogP contribution in [0, 0.1) is 5.82 Å². The van der Waals surface area contributed by atoms with Crippen LogP contribution in [0.1, 0.15) is 80.0 Å². The molecule has 0 bridgehead atoms. The number of anilines is 2. The van der Waals surface area contributed by atoms with E-state index in [1.54, 1.807) is 30.2 Å². The summed E-state index contributed by atoms with van der Waals surface area (Å²) >= 11 is 0. The molecule has 1 aromatic carbocycles. The molecular formula is C26H29FN8O2. The van der Waals surface area contributed by atoms with Crippen molar-refractivity contribution in [3.05, 3.63) is 59.5 Å². The second kappa shape index (κ2) is 9.79. The minimum atomic E-state index is -0.357. The summed E-state index contributed by atoms with van der Waals surface area (Å²) < 4.78 is 22.8. The lowest BCUT2D eigenvalue weighted by molar-refractivity contribution is 0.0959. The number of hydrogen-bond donors (Lipinski definition) is 1. The summed E-state index contributed by atoms with van der Waals surface area (Å²) in [4.78, 5) is 30.1. The molecule has 1 N–H and O–H groups in total. The highest BCUT2D eigenvalue weighted by molar-refractivity contribution is 5.93. The lowest BCUT2D eigenvalue weighted by Crippen LogP contribution is -2.13. The number of Topliss-reactive ketones (excluding diaryl/α,β-unsaturated/α-hetero) is 1. The van der Waals surface area contributed by atoms with Crippen LogP contribution in [0.3, 0.4) is 0 Å². The molecule has 0 aliphatic heterocycles. The molecule has 0 saturated heterocycles. The molecule has 10 nitrogen and oxygen atoms in total. The maximum atomic E-state index is 15.9. The van der Waals surface area contributed by atoms with Crippen molar-refractivity contribution in [1.82, 2.24) is 34.9 Å². The van der Waals surface area contributed by atoms with Crippen molar-refractivity contribution in [3.63, 3.8) is 0 Å². The van der Waals surface area contributed by atoms with Crippen molar-refractivity contribution in [2.45, 2.75) is 64.2 Å². The van der Waals surface area contributed by atoms with E-state index in [-0.39, 0.29) is 41.0 Å². The molecule has 37 heavy (non-hydrogen) atoms. The number of benzene rings is 1. The summed E-state index contributed by atoms with van der Waals surface area (Å²) in [5, 5.41) is 11.1. The van der Waals surface area contributed by atoms with E-state index in [1.165, 1.54) is 6.33 Å². The Morgan fingerprint density at radius 2 is 2.05 bits per heavy atom. The van der Waals surface area contributed by atoms with Crippen molar-refractivity contribution in [2.24, 2.45) is 7.05 Å². The van der Waals surface area contributed by atoms with Crippen LogP contribution in [0.2, 0.25) is 0 Å². The number of aromatic nitrogens is 7. The third kappa shape index (κ3) is 5.25. The van der Waals surface area contributed by atoms with Gasteiger partial charge in [0, 0.05) is 25.1 Å². The predicted molar refractivity (Wildman–Crippen MR) is 134 cm³/mol. The molecule has 1 atom stereocenters. The zero-order valence-corrected chi connectivity index (χ0v) is 21.3. The summed E-state index contributed by atoms with van der Waals surface area (Å²) in [5.74, 6) is 0.334. The van der Waals surface area contributed by atoms with Gasteiger partial charge in [-0.25, -0.2) is 14.4 Å². The minimum absolute atomic E-state index is 0.0756. The smallest absolute Gasteiger partial charge is 0.238 e. The molecule has 0 fully saturated rings. The van der Waals surface area contributed by atoms with Crippen molar-refractivity contribution in [1.29, 1.82) is 0 Å². The van der Waals surface area contributed by atoms with E-state index in [0.717, 1.165) is 24.8 Å². The molecule has 0 unspecified atom stereocenters. The zero-order chi connectivity index (χ0) is 26.2. The van der Waals surface area contributed by atoms with Crippen LogP contribution in [-0.2, 0) is 18.9 Å². The van der Waals surface area contributed by atoms with Gasteiger partial charge in [-0.1, -0.05) is 38.4 Å². The van der Waals surface area contributed by atoms with E-state index in [0.29, 0.717) is 35.1 Å². The number of ketones is 1. The summed E-state index contributed by atoms with van der Waals surface area (Å²) in [5.41, 5.74) is 2.12. The third-order valence-corrected chi connectivity index (χ3v) is 6.47. The molecular weight excluding hydrogens is 475 g/mol. The molecule has 3 heterocycles. The zero-order valence-electron chi connectivity index (χ0n) is 21.3. The van der Waals surface area contributed by atoms with Crippen LogP contribution in [-0.4, -0.2) is 40.7 Å². The second-order valence-corrected chi connectivity index (χ2v) is 10.4. The summed E-state index contributed by atoms with van der Waals surface area (Å²) in [6.45, 7) is 5.84. The van der Waals surface area contributed by atoms with Crippen molar-refractivity contribution in [3.8, 4) is 11.4 Å². The average molecular weight is 505 g/mol. The average Bonchev–Trinajstić information content (AvgIpc) is 3.46. The van der Waals surface area contributed by atoms with Crippen LogP contribution < -0.4 is 5.32 Å². The lowest BCUT2D eigenvalue weighted by atomic mass is 9.87. The van der Waals surface area contributed by atoms with E-state index in [4.69, 9.17) is 4.52 Å². The van der Waals surface area contributed by atoms with E-state index < -0.39 is 0 Å². The highest BCUT2D eigenvalue weighted by Gasteiger charge is 2.29. The Kier molecular flexibility index (Phi) is 6.53. The number of aryl methyl sites for hydroxylation is 1. The number of fused-ring (bicyclic) bond motifs is 1. The van der Waals surface area contributed by atoms with Crippen LogP contribution in [0.15, 0.2) is 35.4 Å². The maximum absolute atomic E-state index is 15.9. The molecule has 0 spiro atoms. The molecule has 1 aliphatic rings. The second-order valence-electron chi connectivity index (χ2n) is 10.4. The molecule has 5 rings (SSSR count). The summed E-state index contributed by atoms with van der Waals surface area (Å²) in [6, 6.07) is 3.58. The van der Waals surface area contributed by atoms with Crippen molar-refractivity contribution in [2.75, 3.05) is 5.32 Å². The largest absolute Gasteiger partial charge is 0.338 e. The van der Waals surface area contributed by atoms with Gasteiger partial charge >= 0.3 is 0 Å². The monoisotopic (exact) mass is 504 g/mol. The van der Waals surface area contributed by atoms with E-state index in [2.05, 4.69) is 35.5 Å². The SMILES string of the molecule is Cn1cc(Nc2ncnc(-c3ccc4c(c3F)CCCC[C@H]4CC(=O)c3noc(C(C)(C)C)n3)n2)cn1. The number of nitrogens with one attached hydrogen (secondary N) is 1. The molecule has 0 amide bonds. The maximum Gasteiger partial charge on any atom is 0.238 e. The Balaban J connectivity index is 1.41. The van der Waals surface area contributed by atoms with Gasteiger partial charge in [0.1, 0.15) is 12.1 Å². The highest BCUT2D eigenvalue weighted by Crippen LogP contribution is 2.37. The van der Waals surface area contributed by atoms with Crippen molar-refractivity contribution < 1.29 is 13.7 Å². The third-order valence-electron chi connectivity index (χ3n) is 6.47. The fourth-order valence-electron chi connectivity index (χ4n) is 4.56. The lowest BCUT2D eigenvalue weighted by Gasteiger charge is -2.18. The molecule has 0 saturated carbocycles. The van der Waals surface area contributed by atoms with Gasteiger partial charge in [-0.3, -0.25) is 9.48 Å². The number of hydrogen-bond acceptors (Lipinski definition) is 9. The normalized spacial score (nSPS) is 15.8. The van der Waals surface area contributed by atoms with Gasteiger partial charge in [-0.05, 0) is 42.4 Å². The standard InChI is InChI=1S/C26H29FN8O2/c1-26(2,3)24-32-23(34-37-24)20(36)11-15-7-5-6-8-18-17(15)9-10-19(21(18)27)22-28-14-29-25(33-22)31-16-12-30-35(4)13-16/h9-10,12-15H,5-8,11H2,1-4H3,(H,28,29,31,33)/t15-/m0/s1. The topological polar surface area (TPSA) is 125 Å². The van der Waals surface area contributed by atoms with Crippen LogP contribution in [0.4, 0.5) is 16.0 Å². The Bertz CT molecular complexity index is 1440. The number of halogens is 1. The predicted octanol–water partition coefficient (Wildman–Crippen LogP) is 4.92. The number of rotatable bonds is 6. The first-order valence-corrected chi connectivity index (χ1v) is 12.3. The number of carbonyl (C=O) groups excluding carboxylic acids is 1. The quantitative estimate of drug-likeness (QED) is 0.288. The van der Waals surface area contributed by atoms with Crippen molar-refractivity contribution >= 4 is 17.4 Å². The van der Waals surface area contributed by atoms with Crippen LogP contribution >= 0.6 is 0 Å². The number of nitrogens with zero attached hydrogens (tertiary/aromatic N) is 7. The van der Waals surface area contributed by atoms with Crippen LogP contribution in [0.25, 0.3) is 11.4 Å². The molecule has 3 aromatic heterocycles. The van der Waals surface area contributed by atoms with Gasteiger partial charge in [-0.2, -0.15) is 15.1 Å². The Morgan fingerprint density at radius 3 is 2.78 bits per heavy atom. The number of carbonyl (C=O) groups is 1. The molecule has 0 radical (unpaired) electrons. The summed E-state index contributed by atoms with van der Waals surface area (Å²) in [7, 11) is 1.81. The molecule has 11 heteroatoms. The fraction of sp³-hybridized carbons (Fsp3) is 0.423. The van der Waals surface area contributed by atoms with Gasteiger partial charge in [0.05, 0.1) is 17.4 Å². The van der Waals surface area contributed by atoms with Gasteiger partial charge in [-0.15, -0.1) is 0 Å². The van der Waals surface area contributed by atoms with E-state index >= 15 is 4.39 Å². The fourth-order valence-corrected chi connectivity index (χ4v) is 4.56. The first-order valence-electron chi connectivity index (χ1n) is 12.3. The highest BCUT2D eigenvalue weighted by atomic mass is 19.1. The van der Waals surface area contributed by atoms with E-state index in [9.17, 15) is 4.79 Å². The first-order chi connectivity index (χ1) is 17.7. The molecule has 1 aliphatic carbocycles. The van der Waals surface area contributed by atoms with Crippen LogP contribution in [0.5, 0.6) is 0 Å². The van der Waals surface area contributed by atoms with Gasteiger partial charge in [0.25, 0.3) is 0 Å². The Hall–Kier alpha value is -4.02. The van der Waals surface area contributed by atoms with Gasteiger partial charge < -0.3 is 9.84 Å². The van der Waals surface area contributed by atoms with Gasteiger partial charge in [0.2, 0.25) is 23.4 Å². The Morgan fingerprint density at radius 1 is 1.22 bits per heavy atom. The van der Waals surface area contributed by atoms with Gasteiger partial charge in [0.15, 0.2) is 5.82 Å². The Labute approximate surface area is 213 Å².